The molecule has 1 aliphatic heterocycles. The number of nitrogens with zero attached hydrogens (tertiary/aromatic N) is 6. The van der Waals surface area contributed by atoms with Gasteiger partial charge in [0.05, 0.1) is 23.1 Å². The maximum absolute atomic E-state index is 13.8. The summed E-state index contributed by atoms with van der Waals surface area (Å²) in [5, 5.41) is 0. The molecule has 0 bridgehead atoms. The summed E-state index contributed by atoms with van der Waals surface area (Å²) in [7, 11) is 0. The predicted octanol–water partition coefficient (Wildman–Crippen LogP) is 7.97. The molecule has 0 spiro atoms. The molecule has 0 radical (unpaired) electrons. The molecule has 0 N–H and O–H groups in total. The minimum absolute atomic E-state index is 0.00208. The molecule has 1 saturated heterocycles. The number of amides is 1. The number of likely N-dealkylation sites (tertiary alicyclic amines) is 1. The summed E-state index contributed by atoms with van der Waals surface area (Å²) in [6.07, 6.45) is 12.5. The molecule has 0 unspecified atom stereocenters. The van der Waals surface area contributed by atoms with Crippen molar-refractivity contribution in [2.75, 3.05) is 26.2 Å². The molecule has 5 aromatic rings. The van der Waals surface area contributed by atoms with Crippen molar-refractivity contribution in [2.45, 2.75) is 59.5 Å². The van der Waals surface area contributed by atoms with Crippen molar-refractivity contribution in [2.24, 2.45) is 0 Å². The first kappa shape index (κ1) is 33.0. The highest BCUT2D eigenvalue weighted by Gasteiger charge is 2.26. The second-order valence-corrected chi connectivity index (χ2v) is 13.7. The van der Waals surface area contributed by atoms with E-state index in [0.29, 0.717) is 18.7 Å². The van der Waals surface area contributed by atoms with E-state index in [1.807, 2.05) is 60.4 Å². The van der Waals surface area contributed by atoms with E-state index < -0.39 is 0 Å². The van der Waals surface area contributed by atoms with Crippen molar-refractivity contribution in [3.8, 4) is 0 Å². The highest BCUT2D eigenvalue weighted by molar-refractivity contribution is 5.95. The van der Waals surface area contributed by atoms with Gasteiger partial charge in [-0.25, -0.2) is 9.97 Å². The van der Waals surface area contributed by atoms with Gasteiger partial charge in [-0.2, -0.15) is 0 Å². The van der Waals surface area contributed by atoms with E-state index in [-0.39, 0.29) is 11.4 Å². The van der Waals surface area contributed by atoms with Gasteiger partial charge in [-0.3, -0.25) is 14.7 Å². The molecule has 4 heterocycles. The Bertz CT molecular complexity index is 1920. The first-order valence-corrected chi connectivity index (χ1v) is 17.0. The van der Waals surface area contributed by atoms with Gasteiger partial charge in [0, 0.05) is 42.5 Å². The molecule has 0 aliphatic carbocycles. The van der Waals surface area contributed by atoms with E-state index >= 15 is 0 Å². The fourth-order valence-corrected chi connectivity index (χ4v) is 6.32. The van der Waals surface area contributed by atoms with E-state index in [1.165, 1.54) is 24.0 Å². The van der Waals surface area contributed by atoms with E-state index in [2.05, 4.69) is 89.6 Å². The number of benzene rings is 2. The quantitative estimate of drug-likeness (QED) is 0.155. The fourth-order valence-electron chi connectivity index (χ4n) is 6.32. The Morgan fingerprint density at radius 1 is 0.896 bits per heavy atom. The number of carbonyl (C=O) groups excluding carboxylic acids is 1. The second kappa shape index (κ2) is 14.5. The lowest BCUT2D eigenvalue weighted by Gasteiger charge is -2.35. The molecule has 7 heteroatoms. The first-order chi connectivity index (χ1) is 23.2. The van der Waals surface area contributed by atoms with Crippen LogP contribution in [0.5, 0.6) is 0 Å². The van der Waals surface area contributed by atoms with Gasteiger partial charge in [0.25, 0.3) is 5.91 Å². The van der Waals surface area contributed by atoms with Crippen LogP contribution < -0.4 is 0 Å². The molecule has 0 saturated carbocycles. The Morgan fingerprint density at radius 3 is 2.35 bits per heavy atom. The molecule has 48 heavy (non-hydrogen) atoms. The Kier molecular flexibility index (Phi) is 9.97. The zero-order chi connectivity index (χ0) is 33.7. The van der Waals surface area contributed by atoms with Crippen LogP contribution in [-0.4, -0.2) is 66.9 Å². The third-order valence-corrected chi connectivity index (χ3v) is 9.08. The molecule has 2 aromatic carbocycles. The predicted molar refractivity (Wildman–Crippen MR) is 196 cm³/mol. The molecule has 1 amide bonds. The normalized spacial score (nSPS) is 14.3. The molecule has 246 valence electrons. The number of imidazole rings is 1. The Balaban J connectivity index is 1.17. The molecule has 1 aliphatic rings. The van der Waals surface area contributed by atoms with Crippen molar-refractivity contribution >= 4 is 28.6 Å². The lowest BCUT2D eigenvalue weighted by molar-refractivity contribution is 0.0617. The standard InChI is InChI=1S/C41H46N6O/c1-30-13-17-33(18-14-30)36(22-27-45-24-6-7-25-45)37-12-8-10-35(44-37)11-9-26-47(41(3,4)5)40(48)34-19-15-32(16-20-34)29-46-31(2)43-38-28-42-23-21-39(38)46/h8-23,28H,6-7,24-27,29H2,1-5H3/b11-9+,36-22+. The lowest BCUT2D eigenvalue weighted by atomic mass is 10.00. The van der Waals surface area contributed by atoms with Gasteiger partial charge in [-0.1, -0.05) is 60.2 Å². The summed E-state index contributed by atoms with van der Waals surface area (Å²) < 4.78 is 2.18. The van der Waals surface area contributed by atoms with E-state index in [0.717, 1.165) is 59.0 Å². The fraction of sp³-hybridized carbons (Fsp3) is 0.317. The van der Waals surface area contributed by atoms with Crippen LogP contribution in [-0.2, 0) is 6.54 Å². The van der Waals surface area contributed by atoms with Gasteiger partial charge in [0.2, 0.25) is 0 Å². The van der Waals surface area contributed by atoms with Crippen LogP contribution in [0.25, 0.3) is 22.7 Å². The number of hydrogen-bond donors (Lipinski definition) is 0. The minimum Gasteiger partial charge on any atom is -0.330 e. The Morgan fingerprint density at radius 2 is 1.62 bits per heavy atom. The van der Waals surface area contributed by atoms with Crippen molar-refractivity contribution in [3.05, 3.63) is 137 Å². The van der Waals surface area contributed by atoms with Gasteiger partial charge >= 0.3 is 0 Å². The second-order valence-electron chi connectivity index (χ2n) is 13.7. The van der Waals surface area contributed by atoms with Gasteiger partial charge in [0.15, 0.2) is 0 Å². The average Bonchev–Trinajstić information content (AvgIpc) is 3.71. The van der Waals surface area contributed by atoms with Crippen LogP contribution in [0.3, 0.4) is 0 Å². The Hall–Kier alpha value is -4.88. The smallest absolute Gasteiger partial charge is 0.254 e. The van der Waals surface area contributed by atoms with Crippen LogP contribution in [0.2, 0.25) is 0 Å². The van der Waals surface area contributed by atoms with Crippen LogP contribution in [0.4, 0.5) is 0 Å². The van der Waals surface area contributed by atoms with Gasteiger partial charge < -0.3 is 9.47 Å². The number of rotatable bonds is 10. The summed E-state index contributed by atoms with van der Waals surface area (Å²) in [5.41, 5.74) is 8.75. The van der Waals surface area contributed by atoms with Gasteiger partial charge in [-0.15, -0.1) is 0 Å². The maximum Gasteiger partial charge on any atom is 0.254 e. The monoisotopic (exact) mass is 638 g/mol. The minimum atomic E-state index is -0.368. The topological polar surface area (TPSA) is 67.2 Å². The van der Waals surface area contributed by atoms with Crippen molar-refractivity contribution in [3.63, 3.8) is 0 Å². The number of carbonyl (C=O) groups is 1. The number of pyridine rings is 2. The van der Waals surface area contributed by atoms with Crippen LogP contribution >= 0.6 is 0 Å². The first-order valence-electron chi connectivity index (χ1n) is 17.0. The highest BCUT2D eigenvalue weighted by Crippen LogP contribution is 2.25. The van der Waals surface area contributed by atoms with Crippen molar-refractivity contribution < 1.29 is 4.79 Å². The lowest BCUT2D eigenvalue weighted by Crippen LogP contribution is -2.45. The molecule has 3 aromatic heterocycles. The molecule has 1 fully saturated rings. The third kappa shape index (κ3) is 7.80. The number of fused-ring (bicyclic) bond motifs is 1. The highest BCUT2D eigenvalue weighted by atomic mass is 16.2. The zero-order valence-corrected chi connectivity index (χ0v) is 28.9. The number of aryl methyl sites for hydroxylation is 2. The molecular formula is C41H46N6O. The summed E-state index contributed by atoms with van der Waals surface area (Å²) in [6.45, 7) is 14.7. The van der Waals surface area contributed by atoms with Crippen molar-refractivity contribution in [1.29, 1.82) is 0 Å². The van der Waals surface area contributed by atoms with Crippen LogP contribution in [0.1, 0.15) is 77.9 Å². The molecule has 7 nitrogen and oxygen atoms in total. The van der Waals surface area contributed by atoms with E-state index in [4.69, 9.17) is 4.98 Å². The zero-order valence-electron chi connectivity index (χ0n) is 28.9. The largest absolute Gasteiger partial charge is 0.330 e. The van der Waals surface area contributed by atoms with Gasteiger partial charge in [0.1, 0.15) is 11.3 Å². The molecule has 6 rings (SSSR count). The SMILES string of the molecule is Cc1ccc(/C(=C\CN2CCCC2)c2cccc(/C=C/CN(C(=O)c3ccc(Cn4c(C)nc5cnccc54)cc3)C(C)(C)C)n2)cc1. The van der Waals surface area contributed by atoms with Gasteiger partial charge in [-0.05, 0) is 108 Å². The summed E-state index contributed by atoms with van der Waals surface area (Å²) >= 11 is 0. The molecular weight excluding hydrogens is 592 g/mol. The number of hydrogen-bond acceptors (Lipinski definition) is 5. The van der Waals surface area contributed by atoms with Crippen LogP contribution in [0, 0.1) is 13.8 Å². The maximum atomic E-state index is 13.8. The van der Waals surface area contributed by atoms with E-state index in [1.54, 1.807) is 12.4 Å². The Labute approximate surface area is 284 Å². The summed E-state index contributed by atoms with van der Waals surface area (Å²) in [4.78, 5) is 32.1. The van der Waals surface area contributed by atoms with Crippen LogP contribution in [0.15, 0.2) is 97.3 Å². The van der Waals surface area contributed by atoms with E-state index in [9.17, 15) is 4.79 Å². The summed E-state index contributed by atoms with van der Waals surface area (Å²) in [6, 6.07) is 24.8. The molecule has 0 atom stereocenters. The average molecular weight is 639 g/mol. The summed E-state index contributed by atoms with van der Waals surface area (Å²) in [5.74, 6) is 0.940. The van der Waals surface area contributed by atoms with Crippen molar-refractivity contribution in [1.82, 2.24) is 29.3 Å². The number of aromatic nitrogens is 4. The third-order valence-electron chi connectivity index (χ3n) is 9.08.